The van der Waals surface area contributed by atoms with Gasteiger partial charge in [-0.05, 0) is 122 Å². The number of thiophene rings is 2. The number of benzene rings is 4. The van der Waals surface area contributed by atoms with Crippen LogP contribution in [0.3, 0.4) is 0 Å². The van der Waals surface area contributed by atoms with Gasteiger partial charge in [-0.15, -0.1) is 22.7 Å². The van der Waals surface area contributed by atoms with Crippen LogP contribution < -0.4 is 20.7 Å². The molecule has 0 radical (unpaired) electrons. The number of rotatable bonds is 0. The minimum Gasteiger partial charge on any atom is -0.449 e. The smallest absolute Gasteiger partial charge is 0.206 e. The topological polar surface area (TPSA) is 18.5 Å². The Morgan fingerprint density at radius 2 is 0.810 bits per heavy atom. The summed E-state index contributed by atoms with van der Waals surface area (Å²) in [7, 11) is -8.95. The molecule has 42 heavy (non-hydrogen) atoms. The van der Waals surface area contributed by atoms with Crippen molar-refractivity contribution in [2.24, 2.45) is 0 Å². The molecule has 3 heterocycles. The molecule has 0 saturated carbocycles. The molecule has 2 aromatic heterocycles. The summed E-state index contributed by atoms with van der Waals surface area (Å²) in [6, 6.07) is 23.8. The maximum atomic E-state index is 7.46. The largest absolute Gasteiger partial charge is 0.449 e. The second kappa shape index (κ2) is 9.31. The number of aryl methyl sites for hydroxylation is 2. The fourth-order valence-electron chi connectivity index (χ4n) is 7.64. The third-order valence-electron chi connectivity index (χ3n) is 9.50. The van der Waals surface area contributed by atoms with Gasteiger partial charge in [-0.3, -0.25) is 0 Å². The quantitative estimate of drug-likeness (QED) is 0.153. The molecule has 4 aromatic carbocycles. The van der Waals surface area contributed by atoms with E-state index in [1.807, 2.05) is 22.7 Å². The zero-order chi connectivity index (χ0) is 30.0. The maximum absolute atomic E-state index is 7.46. The van der Waals surface area contributed by atoms with Gasteiger partial charge in [0, 0.05) is 40.3 Å². The summed E-state index contributed by atoms with van der Waals surface area (Å²) in [5.74, 6) is 0. The lowest BCUT2D eigenvalue weighted by Crippen LogP contribution is -2.58. The highest BCUT2D eigenvalue weighted by Crippen LogP contribution is 2.38. The van der Waals surface area contributed by atoms with Crippen molar-refractivity contribution < 1.29 is 8.23 Å². The monoisotopic (exact) mass is 656 g/mol. The van der Waals surface area contributed by atoms with E-state index in [9.17, 15) is 0 Å². The van der Waals surface area contributed by atoms with E-state index in [2.05, 4.69) is 127 Å². The Kier molecular flexibility index (Phi) is 6.40. The Morgan fingerprint density at radius 1 is 0.452 bits per heavy atom. The standard InChI is InChI=1S/C34H40O2S2Si4/c1-21-31-17-15-29-33(21)25-19-23(11-13-27(25)37-29)39(3,4)35-40(5,6)24-12-14-28-26(20-24)34-22(2)32(18-16-30(34)38-28)42(9,10)36-41(31,7)8/h11-20H,1-10H3. The SMILES string of the molecule is Cc1c2ccc3sc4ccc(cc4c13)[Si](C)(C)O[Si](C)(C)c1ccc3sc4ccc(c(C)c4c3c1)[Si](C)(C)O[Si]2(C)C. The van der Waals surface area contributed by atoms with Crippen molar-refractivity contribution >= 4 is 117 Å². The fraction of sp³-hybridized carbons (Fsp3) is 0.294. The molecule has 0 aliphatic carbocycles. The van der Waals surface area contributed by atoms with Gasteiger partial charge in [-0.2, -0.15) is 0 Å². The van der Waals surface area contributed by atoms with Gasteiger partial charge >= 0.3 is 0 Å². The predicted octanol–water partition coefficient (Wildman–Crippen LogP) is 8.43. The van der Waals surface area contributed by atoms with Crippen molar-refractivity contribution in [3.05, 3.63) is 71.8 Å². The van der Waals surface area contributed by atoms with E-state index in [4.69, 9.17) is 8.23 Å². The first kappa shape index (κ1) is 28.9. The molecule has 0 amide bonds. The molecule has 2 nitrogen and oxygen atoms in total. The minimum atomic E-state index is -2.26. The second-order valence-electron chi connectivity index (χ2n) is 14.1. The van der Waals surface area contributed by atoms with Crippen LogP contribution in [0, 0.1) is 13.8 Å². The normalized spacial score (nSPS) is 19.3. The van der Waals surface area contributed by atoms with Crippen LogP contribution in [0.25, 0.3) is 40.3 Å². The van der Waals surface area contributed by atoms with Crippen LogP contribution in [0.15, 0.2) is 60.7 Å². The average Bonchev–Trinajstić information content (AvgIpc) is 3.45. The number of fused-ring (bicyclic) bond motifs is 4. The van der Waals surface area contributed by atoms with Gasteiger partial charge in [0.25, 0.3) is 0 Å². The third-order valence-corrected chi connectivity index (χ3v) is 27.0. The molecular formula is C34H40O2S2Si4. The van der Waals surface area contributed by atoms with E-state index >= 15 is 0 Å². The van der Waals surface area contributed by atoms with E-state index < -0.39 is 33.3 Å². The lowest BCUT2D eigenvalue weighted by atomic mass is 10.1. The zero-order valence-corrected chi connectivity index (χ0v) is 32.0. The van der Waals surface area contributed by atoms with Crippen LogP contribution in [-0.2, 0) is 8.23 Å². The summed E-state index contributed by atoms with van der Waals surface area (Å²) in [5.41, 5.74) is 2.80. The highest BCUT2D eigenvalue weighted by molar-refractivity contribution is 7.26. The molecule has 0 atom stereocenters. The van der Waals surface area contributed by atoms with Crippen molar-refractivity contribution in [1.29, 1.82) is 0 Å². The lowest BCUT2D eigenvalue weighted by molar-refractivity contribution is 0.572. The summed E-state index contributed by atoms with van der Waals surface area (Å²) in [6.45, 7) is 23.9. The van der Waals surface area contributed by atoms with Crippen LogP contribution in [0.4, 0.5) is 0 Å². The van der Waals surface area contributed by atoms with Gasteiger partial charge in [-0.25, -0.2) is 0 Å². The van der Waals surface area contributed by atoms with Crippen molar-refractivity contribution in [2.75, 3.05) is 0 Å². The molecule has 7 rings (SSSR count). The van der Waals surface area contributed by atoms with Crippen molar-refractivity contribution in [3.63, 3.8) is 0 Å². The molecule has 8 bridgehead atoms. The Balaban J connectivity index is 1.56. The van der Waals surface area contributed by atoms with E-state index in [-0.39, 0.29) is 0 Å². The van der Waals surface area contributed by atoms with E-state index in [1.165, 1.54) is 72.2 Å². The summed E-state index contributed by atoms with van der Waals surface area (Å²) in [4.78, 5) is 0. The van der Waals surface area contributed by atoms with E-state index in [1.54, 1.807) is 0 Å². The molecule has 0 unspecified atom stereocenters. The van der Waals surface area contributed by atoms with Crippen molar-refractivity contribution in [1.82, 2.24) is 0 Å². The second-order valence-corrected chi connectivity index (χ2v) is 32.2. The Bertz CT molecular complexity index is 1940. The van der Waals surface area contributed by atoms with Gasteiger partial charge in [0.15, 0.2) is 0 Å². The number of hydrogen-bond donors (Lipinski definition) is 0. The zero-order valence-electron chi connectivity index (χ0n) is 26.4. The Labute approximate surface area is 261 Å². The van der Waals surface area contributed by atoms with Crippen LogP contribution in [0.2, 0.25) is 52.4 Å². The first-order chi connectivity index (χ1) is 19.6. The lowest BCUT2D eigenvalue weighted by Gasteiger charge is -2.36. The maximum Gasteiger partial charge on any atom is 0.206 e. The van der Waals surface area contributed by atoms with Crippen molar-refractivity contribution in [3.8, 4) is 0 Å². The average molecular weight is 657 g/mol. The first-order valence-corrected chi connectivity index (χ1v) is 28.2. The molecule has 8 heteroatoms. The number of hydrogen-bond acceptors (Lipinski definition) is 4. The molecule has 0 fully saturated rings. The molecule has 0 saturated heterocycles. The van der Waals surface area contributed by atoms with E-state index in [0.29, 0.717) is 0 Å². The van der Waals surface area contributed by atoms with Crippen LogP contribution in [-0.4, -0.2) is 33.3 Å². The van der Waals surface area contributed by atoms with Crippen LogP contribution >= 0.6 is 22.7 Å². The van der Waals surface area contributed by atoms with Gasteiger partial charge in [-0.1, -0.05) is 36.4 Å². The van der Waals surface area contributed by atoms with Crippen molar-refractivity contribution in [2.45, 2.75) is 66.2 Å². The van der Waals surface area contributed by atoms with Crippen LogP contribution in [0.5, 0.6) is 0 Å². The van der Waals surface area contributed by atoms with Gasteiger partial charge < -0.3 is 8.23 Å². The predicted molar refractivity (Wildman–Crippen MR) is 199 cm³/mol. The molecular weight excluding hydrogens is 617 g/mol. The molecule has 1 aliphatic rings. The van der Waals surface area contributed by atoms with Gasteiger partial charge in [0.2, 0.25) is 33.3 Å². The summed E-state index contributed by atoms with van der Waals surface area (Å²) in [6.07, 6.45) is 0. The van der Waals surface area contributed by atoms with E-state index in [0.717, 1.165) is 0 Å². The van der Waals surface area contributed by atoms with Gasteiger partial charge in [0.1, 0.15) is 0 Å². The van der Waals surface area contributed by atoms with Gasteiger partial charge in [0.05, 0.1) is 0 Å². The molecule has 6 aromatic rings. The summed E-state index contributed by atoms with van der Waals surface area (Å²) >= 11 is 3.83. The Morgan fingerprint density at radius 3 is 1.21 bits per heavy atom. The summed E-state index contributed by atoms with van der Waals surface area (Å²) < 4.78 is 20.3. The highest BCUT2D eigenvalue weighted by atomic mass is 32.1. The molecule has 1 aliphatic heterocycles. The fourth-order valence-corrected chi connectivity index (χ4v) is 26.9. The first-order valence-electron chi connectivity index (χ1n) is 14.9. The molecule has 216 valence electrons. The summed E-state index contributed by atoms with van der Waals surface area (Å²) in [5, 5.41) is 11.2. The Hall–Kier alpha value is -1.89. The van der Waals surface area contributed by atoms with Crippen LogP contribution in [0.1, 0.15) is 11.1 Å². The molecule has 0 N–H and O–H groups in total. The molecule has 0 spiro atoms. The minimum absolute atomic E-state index is 1.36. The third kappa shape index (κ3) is 4.33. The highest BCUT2D eigenvalue weighted by Gasteiger charge is 2.40.